The first-order valence-corrected chi connectivity index (χ1v) is 4.38. The van der Waals surface area contributed by atoms with E-state index < -0.39 is 0 Å². The van der Waals surface area contributed by atoms with Gasteiger partial charge < -0.3 is 10.5 Å². The Balaban J connectivity index is 0.000000980. The lowest BCUT2D eigenvalue weighted by atomic mass is 9.98. The van der Waals surface area contributed by atoms with Crippen molar-refractivity contribution in [3.05, 3.63) is 29.6 Å². The molecule has 2 N–H and O–H groups in total. The van der Waals surface area contributed by atoms with Crippen molar-refractivity contribution >= 4 is 12.4 Å². The van der Waals surface area contributed by atoms with Crippen molar-refractivity contribution in [1.29, 1.82) is 0 Å². The first-order chi connectivity index (χ1) is 6.16. The van der Waals surface area contributed by atoms with Crippen molar-refractivity contribution < 1.29 is 9.13 Å². The molecule has 0 saturated heterocycles. The molecule has 0 fully saturated rings. The van der Waals surface area contributed by atoms with Gasteiger partial charge in [-0.1, -0.05) is 0 Å². The summed E-state index contributed by atoms with van der Waals surface area (Å²) in [5, 5.41) is 0. The number of hydrogen-bond acceptors (Lipinski definition) is 2. The molecule has 0 saturated carbocycles. The Labute approximate surface area is 88.7 Å². The summed E-state index contributed by atoms with van der Waals surface area (Å²) in [5.74, 6) is 0.458. The minimum absolute atomic E-state index is 0. The van der Waals surface area contributed by atoms with Crippen LogP contribution in [-0.2, 0) is 0 Å². The van der Waals surface area contributed by atoms with Gasteiger partial charge in [0, 0.05) is 18.0 Å². The van der Waals surface area contributed by atoms with Gasteiger partial charge in [-0.3, -0.25) is 0 Å². The van der Waals surface area contributed by atoms with Gasteiger partial charge in [0.25, 0.3) is 0 Å². The van der Waals surface area contributed by atoms with Crippen LogP contribution in [0.5, 0.6) is 5.75 Å². The molecule has 2 unspecified atom stereocenters. The maximum atomic E-state index is 12.9. The van der Waals surface area contributed by atoms with Gasteiger partial charge in [0.1, 0.15) is 11.6 Å². The maximum absolute atomic E-state index is 12.9. The SMILES string of the molecule is CC1CC(N)c2cc(F)ccc2O1.Cl. The first-order valence-electron chi connectivity index (χ1n) is 4.38. The average molecular weight is 218 g/mol. The zero-order chi connectivity index (χ0) is 9.42. The molecule has 0 bridgehead atoms. The molecule has 0 amide bonds. The third kappa shape index (κ3) is 1.99. The highest BCUT2D eigenvalue weighted by Crippen LogP contribution is 2.33. The molecule has 1 aromatic carbocycles. The number of rotatable bonds is 0. The monoisotopic (exact) mass is 217 g/mol. The molecular formula is C10H13ClFNO. The summed E-state index contributed by atoms with van der Waals surface area (Å²) in [7, 11) is 0. The van der Waals surface area contributed by atoms with Gasteiger partial charge in [-0.15, -0.1) is 12.4 Å². The van der Waals surface area contributed by atoms with Crippen LogP contribution >= 0.6 is 12.4 Å². The number of nitrogens with two attached hydrogens (primary N) is 1. The Morgan fingerprint density at radius 3 is 2.93 bits per heavy atom. The van der Waals surface area contributed by atoms with Gasteiger partial charge in [0.2, 0.25) is 0 Å². The number of halogens is 2. The molecule has 2 rings (SSSR count). The maximum Gasteiger partial charge on any atom is 0.124 e. The molecule has 14 heavy (non-hydrogen) atoms. The van der Waals surface area contributed by atoms with Crippen LogP contribution in [0.3, 0.4) is 0 Å². The fraction of sp³-hybridized carbons (Fsp3) is 0.400. The van der Waals surface area contributed by atoms with Gasteiger partial charge >= 0.3 is 0 Å². The number of benzene rings is 1. The van der Waals surface area contributed by atoms with Gasteiger partial charge in [0.15, 0.2) is 0 Å². The molecule has 0 radical (unpaired) electrons. The summed E-state index contributed by atoms with van der Waals surface area (Å²) < 4.78 is 18.4. The average Bonchev–Trinajstić information content (AvgIpc) is 2.06. The van der Waals surface area contributed by atoms with E-state index in [1.54, 1.807) is 6.07 Å². The van der Waals surface area contributed by atoms with Crippen LogP contribution in [0.2, 0.25) is 0 Å². The summed E-state index contributed by atoms with van der Waals surface area (Å²) in [5.41, 5.74) is 6.64. The zero-order valence-electron chi connectivity index (χ0n) is 7.87. The van der Waals surface area contributed by atoms with E-state index in [4.69, 9.17) is 10.5 Å². The fourth-order valence-electron chi connectivity index (χ4n) is 1.67. The van der Waals surface area contributed by atoms with E-state index in [9.17, 15) is 4.39 Å². The molecule has 0 aromatic heterocycles. The van der Waals surface area contributed by atoms with Crippen molar-refractivity contribution in [1.82, 2.24) is 0 Å². The molecule has 2 atom stereocenters. The highest BCUT2D eigenvalue weighted by molar-refractivity contribution is 5.85. The summed E-state index contributed by atoms with van der Waals surface area (Å²) in [6, 6.07) is 4.38. The van der Waals surface area contributed by atoms with Crippen LogP contribution in [0, 0.1) is 5.82 Å². The van der Waals surface area contributed by atoms with Crippen LogP contribution in [0.15, 0.2) is 18.2 Å². The van der Waals surface area contributed by atoms with Crippen molar-refractivity contribution in [2.24, 2.45) is 5.73 Å². The van der Waals surface area contributed by atoms with Crippen LogP contribution in [0.4, 0.5) is 4.39 Å². The number of fused-ring (bicyclic) bond motifs is 1. The standard InChI is InChI=1S/C10H12FNO.ClH/c1-6-4-9(12)8-5-7(11)2-3-10(8)13-6;/h2-3,5-6,9H,4,12H2,1H3;1H. The lowest BCUT2D eigenvalue weighted by Crippen LogP contribution is -2.27. The Morgan fingerprint density at radius 1 is 1.50 bits per heavy atom. The van der Waals surface area contributed by atoms with E-state index in [0.29, 0.717) is 5.75 Å². The zero-order valence-corrected chi connectivity index (χ0v) is 8.68. The van der Waals surface area contributed by atoms with Crippen molar-refractivity contribution in [2.45, 2.75) is 25.5 Å². The second kappa shape index (κ2) is 4.15. The molecule has 4 heteroatoms. The molecule has 0 spiro atoms. The van der Waals surface area contributed by atoms with Gasteiger partial charge in [0.05, 0.1) is 6.10 Å². The lowest BCUT2D eigenvalue weighted by molar-refractivity contribution is 0.176. The molecule has 1 heterocycles. The molecule has 1 aromatic rings. The van der Waals surface area contributed by atoms with E-state index in [-0.39, 0.29) is 30.4 Å². The summed E-state index contributed by atoms with van der Waals surface area (Å²) in [6.07, 6.45) is 0.865. The normalized spacial score (nSPS) is 24.5. The van der Waals surface area contributed by atoms with Crippen LogP contribution in [0.25, 0.3) is 0 Å². The third-order valence-corrected chi connectivity index (χ3v) is 2.29. The molecule has 0 aliphatic carbocycles. The summed E-state index contributed by atoms with van der Waals surface area (Å²) in [6.45, 7) is 1.96. The van der Waals surface area contributed by atoms with Crippen molar-refractivity contribution in [2.75, 3.05) is 0 Å². The third-order valence-electron chi connectivity index (χ3n) is 2.29. The largest absolute Gasteiger partial charge is 0.490 e. The molecule has 1 aliphatic rings. The van der Waals surface area contributed by atoms with Crippen LogP contribution < -0.4 is 10.5 Å². The Kier molecular flexibility index (Phi) is 3.34. The Hall–Kier alpha value is -0.800. The van der Waals surface area contributed by atoms with E-state index in [1.165, 1.54) is 12.1 Å². The van der Waals surface area contributed by atoms with E-state index in [2.05, 4.69) is 0 Å². The molecule has 78 valence electrons. The topological polar surface area (TPSA) is 35.2 Å². The van der Waals surface area contributed by atoms with E-state index in [0.717, 1.165) is 12.0 Å². The molecular weight excluding hydrogens is 205 g/mol. The van der Waals surface area contributed by atoms with Crippen LogP contribution in [0.1, 0.15) is 24.9 Å². The molecule has 1 aliphatic heterocycles. The quantitative estimate of drug-likeness (QED) is 0.725. The summed E-state index contributed by atoms with van der Waals surface area (Å²) >= 11 is 0. The minimum Gasteiger partial charge on any atom is -0.490 e. The lowest BCUT2D eigenvalue weighted by Gasteiger charge is -2.27. The first kappa shape index (κ1) is 11.3. The predicted octanol–water partition coefficient (Wildman–Crippen LogP) is 2.42. The Bertz CT molecular complexity index is 332. The second-order valence-corrected chi connectivity index (χ2v) is 3.45. The van der Waals surface area contributed by atoms with Gasteiger partial charge in [-0.05, 0) is 25.1 Å². The van der Waals surface area contributed by atoms with Gasteiger partial charge in [-0.2, -0.15) is 0 Å². The van der Waals surface area contributed by atoms with Crippen molar-refractivity contribution in [3.63, 3.8) is 0 Å². The summed E-state index contributed by atoms with van der Waals surface area (Å²) in [4.78, 5) is 0. The Morgan fingerprint density at radius 2 is 2.21 bits per heavy atom. The smallest absolute Gasteiger partial charge is 0.124 e. The van der Waals surface area contributed by atoms with Crippen LogP contribution in [-0.4, -0.2) is 6.10 Å². The fourth-order valence-corrected chi connectivity index (χ4v) is 1.67. The highest BCUT2D eigenvalue weighted by atomic mass is 35.5. The van der Waals surface area contributed by atoms with E-state index in [1.807, 2.05) is 6.92 Å². The highest BCUT2D eigenvalue weighted by Gasteiger charge is 2.22. The van der Waals surface area contributed by atoms with Gasteiger partial charge in [-0.25, -0.2) is 4.39 Å². The predicted molar refractivity (Wildman–Crippen MR) is 55.3 cm³/mol. The van der Waals surface area contributed by atoms with Crippen molar-refractivity contribution in [3.8, 4) is 5.75 Å². The second-order valence-electron chi connectivity index (χ2n) is 3.45. The number of hydrogen-bond donors (Lipinski definition) is 1. The number of ether oxygens (including phenoxy) is 1. The van der Waals surface area contributed by atoms with E-state index >= 15 is 0 Å². The molecule has 2 nitrogen and oxygen atoms in total. The minimum atomic E-state index is -0.257.